The van der Waals surface area contributed by atoms with E-state index in [0.717, 1.165) is 3.57 Å². The average molecular weight is 325 g/mol. The molecule has 1 amide bonds. The van der Waals surface area contributed by atoms with Gasteiger partial charge in [0.25, 0.3) is 5.91 Å². The van der Waals surface area contributed by atoms with Crippen molar-refractivity contribution in [2.45, 2.75) is 6.92 Å². The van der Waals surface area contributed by atoms with E-state index in [9.17, 15) is 4.79 Å². The summed E-state index contributed by atoms with van der Waals surface area (Å²) < 4.78 is 0.928. The fraction of sp³-hybridized carbons (Fsp3) is 0.154. The molecule has 0 aliphatic heterocycles. The second kappa shape index (κ2) is 6.33. The van der Waals surface area contributed by atoms with Crippen molar-refractivity contribution in [3.63, 3.8) is 0 Å². The Labute approximate surface area is 109 Å². The summed E-state index contributed by atoms with van der Waals surface area (Å²) in [5.41, 5.74) is 0.674. The zero-order valence-electron chi connectivity index (χ0n) is 9.03. The maximum absolute atomic E-state index is 12.1. The van der Waals surface area contributed by atoms with Gasteiger partial charge in [-0.05, 0) is 41.6 Å². The van der Waals surface area contributed by atoms with Crippen LogP contribution in [0.4, 0.5) is 0 Å². The molecule has 0 aliphatic carbocycles. The molecule has 0 N–H and O–H groups in total. The van der Waals surface area contributed by atoms with E-state index in [-0.39, 0.29) is 5.91 Å². The molecule has 3 heteroatoms. The molecule has 0 spiro atoms. The number of nitrogens with zero attached hydrogens (tertiary/aromatic N) is 1. The molecule has 0 fully saturated rings. The molecule has 16 heavy (non-hydrogen) atoms. The quantitative estimate of drug-likeness (QED) is 0.362. The highest BCUT2D eigenvalue weighted by molar-refractivity contribution is 14.1. The average Bonchev–Trinajstić information content (AvgIpc) is 2.28. The second-order valence-corrected chi connectivity index (χ2v) is 4.21. The zero-order valence-corrected chi connectivity index (χ0v) is 11.2. The summed E-state index contributed by atoms with van der Waals surface area (Å²) in [5, 5.41) is 0. The molecule has 1 aromatic carbocycles. The van der Waals surface area contributed by atoms with Crippen LogP contribution in [-0.4, -0.2) is 17.4 Å². The minimum absolute atomic E-state index is 0.0840. The van der Waals surface area contributed by atoms with Crippen molar-refractivity contribution >= 4 is 28.5 Å². The SMILES string of the molecule is C=CCN(C#CC)C(=O)c1ccccc1I. The molecular weight excluding hydrogens is 313 g/mol. The fourth-order valence-electron chi connectivity index (χ4n) is 1.22. The lowest BCUT2D eigenvalue weighted by Gasteiger charge is -2.14. The van der Waals surface area contributed by atoms with E-state index in [1.807, 2.05) is 18.2 Å². The zero-order chi connectivity index (χ0) is 12.0. The largest absolute Gasteiger partial charge is 0.268 e. The highest BCUT2D eigenvalue weighted by Crippen LogP contribution is 2.13. The molecular formula is C13H12INO. The molecule has 0 heterocycles. The summed E-state index contributed by atoms with van der Waals surface area (Å²) in [6.07, 6.45) is 1.66. The van der Waals surface area contributed by atoms with Crippen molar-refractivity contribution in [2.24, 2.45) is 0 Å². The lowest BCUT2D eigenvalue weighted by molar-refractivity contribution is 0.0845. The van der Waals surface area contributed by atoms with Crippen molar-refractivity contribution in [2.75, 3.05) is 6.54 Å². The molecule has 0 unspecified atom stereocenters. The minimum atomic E-state index is -0.0840. The van der Waals surface area contributed by atoms with Crippen molar-refractivity contribution in [1.82, 2.24) is 4.90 Å². The summed E-state index contributed by atoms with van der Waals surface area (Å²) in [4.78, 5) is 13.6. The first-order valence-electron chi connectivity index (χ1n) is 4.80. The Morgan fingerprint density at radius 2 is 2.25 bits per heavy atom. The molecule has 0 radical (unpaired) electrons. The van der Waals surface area contributed by atoms with Gasteiger partial charge in [-0.3, -0.25) is 9.69 Å². The standard InChI is InChI=1S/C13H12INO/c1-3-9-15(10-4-2)13(16)11-7-5-6-8-12(11)14/h3,5-8H,1,9H2,2H3. The Bertz CT molecular complexity index is 456. The molecule has 0 saturated carbocycles. The third-order valence-corrected chi connectivity index (χ3v) is 2.85. The second-order valence-electron chi connectivity index (χ2n) is 3.05. The van der Waals surface area contributed by atoms with E-state index in [4.69, 9.17) is 0 Å². The van der Waals surface area contributed by atoms with Gasteiger partial charge in [0.2, 0.25) is 0 Å². The first-order chi connectivity index (χ1) is 7.70. The molecule has 0 atom stereocenters. The molecule has 0 saturated heterocycles. The number of hydrogen-bond donors (Lipinski definition) is 0. The molecule has 0 aliphatic rings. The lowest BCUT2D eigenvalue weighted by Crippen LogP contribution is -2.27. The Hall–Kier alpha value is -1.28. The van der Waals surface area contributed by atoms with Gasteiger partial charge in [-0.2, -0.15) is 0 Å². The van der Waals surface area contributed by atoms with E-state index in [2.05, 4.69) is 41.1 Å². The van der Waals surface area contributed by atoms with Crippen molar-refractivity contribution < 1.29 is 4.79 Å². The molecule has 0 bridgehead atoms. The molecule has 2 nitrogen and oxygen atoms in total. The van der Waals surface area contributed by atoms with Gasteiger partial charge in [0.05, 0.1) is 12.1 Å². The smallest absolute Gasteiger partial charge is 0.266 e. The normalized spacial score (nSPS) is 8.88. The summed E-state index contributed by atoms with van der Waals surface area (Å²) in [6, 6.07) is 10.2. The van der Waals surface area contributed by atoms with Crippen LogP contribution in [0.5, 0.6) is 0 Å². The van der Waals surface area contributed by atoms with Crippen LogP contribution in [0.2, 0.25) is 0 Å². The number of halogens is 1. The summed E-state index contributed by atoms with van der Waals surface area (Å²) in [7, 11) is 0. The predicted octanol–water partition coefficient (Wildman–Crippen LogP) is 2.90. The van der Waals surface area contributed by atoms with Crippen molar-refractivity contribution in [3.05, 3.63) is 46.1 Å². The van der Waals surface area contributed by atoms with Crippen LogP contribution in [0.3, 0.4) is 0 Å². The third-order valence-electron chi connectivity index (χ3n) is 1.91. The molecule has 82 valence electrons. The number of benzene rings is 1. The van der Waals surface area contributed by atoms with Crippen LogP contribution in [0.25, 0.3) is 0 Å². The maximum atomic E-state index is 12.1. The number of carbonyl (C=O) groups excluding carboxylic acids is 1. The topological polar surface area (TPSA) is 20.3 Å². The van der Waals surface area contributed by atoms with Crippen LogP contribution in [0.1, 0.15) is 17.3 Å². The summed E-state index contributed by atoms with van der Waals surface area (Å²) in [5.74, 6) is 2.64. The van der Waals surface area contributed by atoms with Crippen LogP contribution in [-0.2, 0) is 0 Å². The van der Waals surface area contributed by atoms with Crippen LogP contribution in [0.15, 0.2) is 36.9 Å². The van der Waals surface area contributed by atoms with E-state index >= 15 is 0 Å². The number of carbonyl (C=O) groups is 1. The Balaban J connectivity index is 3.02. The number of hydrogen-bond acceptors (Lipinski definition) is 1. The van der Waals surface area contributed by atoms with Crippen molar-refractivity contribution in [1.29, 1.82) is 0 Å². The predicted molar refractivity (Wildman–Crippen MR) is 73.8 cm³/mol. The summed E-state index contributed by atoms with van der Waals surface area (Å²) in [6.45, 7) is 5.76. The summed E-state index contributed by atoms with van der Waals surface area (Å²) >= 11 is 2.14. The van der Waals surface area contributed by atoms with Gasteiger partial charge in [-0.15, -0.1) is 6.58 Å². The minimum Gasteiger partial charge on any atom is -0.268 e. The van der Waals surface area contributed by atoms with Crippen LogP contribution >= 0.6 is 22.6 Å². The molecule has 1 aromatic rings. The van der Waals surface area contributed by atoms with E-state index < -0.39 is 0 Å². The van der Waals surface area contributed by atoms with Gasteiger partial charge in [0, 0.05) is 9.61 Å². The Kier molecular flexibility index (Phi) is 5.06. The van der Waals surface area contributed by atoms with E-state index in [0.29, 0.717) is 12.1 Å². The fourth-order valence-corrected chi connectivity index (χ4v) is 1.84. The van der Waals surface area contributed by atoms with Gasteiger partial charge < -0.3 is 0 Å². The Morgan fingerprint density at radius 1 is 1.56 bits per heavy atom. The van der Waals surface area contributed by atoms with E-state index in [1.54, 1.807) is 19.1 Å². The van der Waals surface area contributed by atoms with Gasteiger partial charge >= 0.3 is 0 Å². The number of amides is 1. The highest BCUT2D eigenvalue weighted by Gasteiger charge is 2.14. The lowest BCUT2D eigenvalue weighted by atomic mass is 10.2. The highest BCUT2D eigenvalue weighted by atomic mass is 127. The van der Waals surface area contributed by atoms with Gasteiger partial charge in [0.1, 0.15) is 0 Å². The molecule has 0 aromatic heterocycles. The number of rotatable bonds is 3. The van der Waals surface area contributed by atoms with Crippen LogP contribution in [0, 0.1) is 15.5 Å². The van der Waals surface area contributed by atoms with Gasteiger partial charge in [-0.25, -0.2) is 0 Å². The molecule has 1 rings (SSSR count). The monoisotopic (exact) mass is 325 g/mol. The third kappa shape index (κ3) is 3.11. The van der Waals surface area contributed by atoms with E-state index in [1.165, 1.54) is 4.90 Å². The first kappa shape index (κ1) is 12.8. The Morgan fingerprint density at radius 3 is 2.81 bits per heavy atom. The van der Waals surface area contributed by atoms with Crippen molar-refractivity contribution in [3.8, 4) is 12.0 Å². The maximum Gasteiger partial charge on any atom is 0.266 e. The first-order valence-corrected chi connectivity index (χ1v) is 5.88. The van der Waals surface area contributed by atoms with Gasteiger partial charge in [-0.1, -0.05) is 24.1 Å². The van der Waals surface area contributed by atoms with Gasteiger partial charge in [0.15, 0.2) is 0 Å². The van der Waals surface area contributed by atoms with Crippen LogP contribution < -0.4 is 0 Å².